The van der Waals surface area contributed by atoms with Crippen molar-refractivity contribution in [1.82, 2.24) is 0 Å². The quantitative estimate of drug-likeness (QED) is 0.792. The Morgan fingerprint density at radius 2 is 1.95 bits per heavy atom. The number of aliphatic hydroxyl groups excluding tert-OH is 1. The van der Waals surface area contributed by atoms with E-state index in [9.17, 15) is 5.11 Å². The van der Waals surface area contributed by atoms with Gasteiger partial charge in [-0.2, -0.15) is 0 Å². The summed E-state index contributed by atoms with van der Waals surface area (Å²) >= 11 is 0. The monoisotopic (exact) mass is 284 g/mol. The van der Waals surface area contributed by atoms with Crippen LogP contribution >= 0.6 is 0 Å². The van der Waals surface area contributed by atoms with E-state index in [2.05, 4.69) is 20.8 Å². The van der Waals surface area contributed by atoms with E-state index in [0.717, 1.165) is 19.3 Å². The standard InChI is InChI=1S/C16H28O4/c1-10-5-6-13(11(2)9-17)16-12(3)18-15(4,19-20-16)8-7-14(10)16/h10-14,17H,5-9H2,1-4H3/t10-,11?,12+,13?,14+,15?,16+/m1/s1. The van der Waals surface area contributed by atoms with Gasteiger partial charge in [-0.05, 0) is 56.8 Å². The Morgan fingerprint density at radius 3 is 2.60 bits per heavy atom. The summed E-state index contributed by atoms with van der Waals surface area (Å²) in [6.45, 7) is 8.72. The van der Waals surface area contributed by atoms with Gasteiger partial charge >= 0.3 is 0 Å². The highest BCUT2D eigenvalue weighted by molar-refractivity contribution is 5.07. The van der Waals surface area contributed by atoms with Gasteiger partial charge in [-0.15, -0.1) is 0 Å². The van der Waals surface area contributed by atoms with Crippen LogP contribution in [-0.4, -0.2) is 29.2 Å². The predicted molar refractivity (Wildman–Crippen MR) is 74.7 cm³/mol. The molecule has 0 radical (unpaired) electrons. The Hall–Kier alpha value is -0.160. The molecule has 7 atom stereocenters. The second kappa shape index (κ2) is 4.94. The van der Waals surface area contributed by atoms with E-state index >= 15 is 0 Å². The van der Waals surface area contributed by atoms with Crippen LogP contribution in [0.4, 0.5) is 0 Å². The van der Waals surface area contributed by atoms with Crippen molar-refractivity contribution in [1.29, 1.82) is 0 Å². The molecule has 4 aliphatic rings. The molecule has 2 bridgehead atoms. The number of rotatable bonds is 2. The average molecular weight is 284 g/mol. The Labute approximate surface area is 121 Å². The van der Waals surface area contributed by atoms with Gasteiger partial charge < -0.3 is 9.84 Å². The van der Waals surface area contributed by atoms with Crippen LogP contribution in [-0.2, 0) is 14.5 Å². The van der Waals surface area contributed by atoms with Crippen LogP contribution in [0.15, 0.2) is 0 Å². The number of ether oxygens (including phenoxy) is 1. The molecule has 1 N–H and O–H groups in total. The summed E-state index contributed by atoms with van der Waals surface area (Å²) in [6.07, 6.45) is 4.25. The molecule has 0 aromatic heterocycles. The second-order valence-electron chi connectivity index (χ2n) is 7.38. The van der Waals surface area contributed by atoms with Crippen molar-refractivity contribution < 1.29 is 19.6 Å². The lowest BCUT2D eigenvalue weighted by Crippen LogP contribution is -2.64. The molecule has 3 heterocycles. The average Bonchev–Trinajstić information content (AvgIpc) is 2.63. The molecule has 4 rings (SSSR count). The van der Waals surface area contributed by atoms with Gasteiger partial charge in [0.15, 0.2) is 5.79 Å². The van der Waals surface area contributed by atoms with Gasteiger partial charge in [0, 0.05) is 13.0 Å². The molecule has 3 unspecified atom stereocenters. The van der Waals surface area contributed by atoms with E-state index in [0.29, 0.717) is 17.8 Å². The minimum absolute atomic E-state index is 0.00972. The molecule has 1 spiro atoms. The summed E-state index contributed by atoms with van der Waals surface area (Å²) in [5.41, 5.74) is -0.393. The topological polar surface area (TPSA) is 47.9 Å². The maximum absolute atomic E-state index is 9.64. The Bertz CT molecular complexity index is 365. The van der Waals surface area contributed by atoms with E-state index < -0.39 is 11.4 Å². The van der Waals surface area contributed by atoms with Gasteiger partial charge in [-0.3, -0.25) is 0 Å². The van der Waals surface area contributed by atoms with Gasteiger partial charge in [-0.25, -0.2) is 9.78 Å². The predicted octanol–water partition coefficient (Wildman–Crippen LogP) is 2.89. The van der Waals surface area contributed by atoms with Crippen molar-refractivity contribution in [2.75, 3.05) is 6.61 Å². The molecule has 0 aromatic carbocycles. The largest absolute Gasteiger partial charge is 0.396 e. The lowest BCUT2D eigenvalue weighted by Gasteiger charge is -2.56. The molecule has 0 aromatic rings. The van der Waals surface area contributed by atoms with Crippen LogP contribution in [0.2, 0.25) is 0 Å². The first-order chi connectivity index (χ1) is 9.43. The van der Waals surface area contributed by atoms with Crippen LogP contribution < -0.4 is 0 Å². The normalized spacial score (nSPS) is 53.2. The van der Waals surface area contributed by atoms with Gasteiger partial charge in [0.25, 0.3) is 0 Å². The first kappa shape index (κ1) is 14.8. The smallest absolute Gasteiger partial charge is 0.199 e. The molecular formula is C16H28O4. The number of fused-ring (bicyclic) bond motifs is 3. The van der Waals surface area contributed by atoms with Crippen molar-refractivity contribution >= 4 is 0 Å². The molecule has 3 aliphatic heterocycles. The highest BCUT2D eigenvalue weighted by Crippen LogP contribution is 2.57. The molecule has 4 nitrogen and oxygen atoms in total. The number of aliphatic hydroxyl groups is 1. The van der Waals surface area contributed by atoms with Gasteiger partial charge in [0.05, 0.1) is 6.10 Å². The van der Waals surface area contributed by atoms with E-state index in [1.807, 2.05) is 6.92 Å². The molecule has 116 valence electrons. The van der Waals surface area contributed by atoms with Crippen LogP contribution in [0.1, 0.15) is 53.4 Å². The molecule has 1 aliphatic carbocycles. The van der Waals surface area contributed by atoms with E-state index in [-0.39, 0.29) is 18.6 Å². The van der Waals surface area contributed by atoms with Crippen molar-refractivity contribution in [2.45, 2.75) is 70.9 Å². The SMILES string of the molecule is CC(CO)C1CC[C@@H](C)[C@@H]2CCC3(C)OO[C@@]12[C@H](C)O3. The van der Waals surface area contributed by atoms with Gasteiger partial charge in [-0.1, -0.05) is 13.8 Å². The van der Waals surface area contributed by atoms with Gasteiger partial charge in [0.2, 0.25) is 0 Å². The number of hydrogen-bond donors (Lipinski definition) is 1. The lowest BCUT2D eigenvalue weighted by atomic mass is 9.58. The summed E-state index contributed by atoms with van der Waals surface area (Å²) < 4.78 is 6.20. The third kappa shape index (κ3) is 1.96. The highest BCUT2D eigenvalue weighted by atomic mass is 17.3. The first-order valence-electron chi connectivity index (χ1n) is 8.08. The zero-order chi connectivity index (χ0) is 14.5. The third-order valence-electron chi connectivity index (χ3n) is 6.09. The minimum Gasteiger partial charge on any atom is -0.396 e. The van der Waals surface area contributed by atoms with Crippen molar-refractivity contribution in [3.63, 3.8) is 0 Å². The molecule has 4 heteroatoms. The molecule has 20 heavy (non-hydrogen) atoms. The van der Waals surface area contributed by atoms with Crippen molar-refractivity contribution in [3.8, 4) is 0 Å². The van der Waals surface area contributed by atoms with E-state index in [1.165, 1.54) is 6.42 Å². The fourth-order valence-electron chi connectivity index (χ4n) is 4.91. The zero-order valence-corrected chi connectivity index (χ0v) is 13.1. The fraction of sp³-hybridized carbons (Fsp3) is 1.00. The van der Waals surface area contributed by atoms with Crippen molar-refractivity contribution in [3.05, 3.63) is 0 Å². The summed E-state index contributed by atoms with van der Waals surface area (Å²) in [7, 11) is 0. The minimum atomic E-state index is -0.602. The van der Waals surface area contributed by atoms with Crippen LogP contribution in [0, 0.1) is 23.7 Å². The van der Waals surface area contributed by atoms with Crippen LogP contribution in [0.5, 0.6) is 0 Å². The third-order valence-corrected chi connectivity index (χ3v) is 6.09. The maximum atomic E-state index is 9.64. The molecule has 4 fully saturated rings. The fourth-order valence-corrected chi connectivity index (χ4v) is 4.91. The Balaban J connectivity index is 2.02. The summed E-state index contributed by atoms with van der Waals surface area (Å²) in [4.78, 5) is 11.8. The molecule has 3 saturated heterocycles. The zero-order valence-electron chi connectivity index (χ0n) is 13.1. The van der Waals surface area contributed by atoms with E-state index in [4.69, 9.17) is 14.5 Å². The molecule has 1 saturated carbocycles. The summed E-state index contributed by atoms with van der Waals surface area (Å²) in [5, 5.41) is 9.64. The molecule has 0 amide bonds. The maximum Gasteiger partial charge on any atom is 0.199 e. The van der Waals surface area contributed by atoms with Crippen LogP contribution in [0.3, 0.4) is 0 Å². The van der Waals surface area contributed by atoms with Crippen LogP contribution in [0.25, 0.3) is 0 Å². The Kier molecular flexibility index (Phi) is 3.65. The van der Waals surface area contributed by atoms with E-state index in [1.54, 1.807) is 0 Å². The second-order valence-corrected chi connectivity index (χ2v) is 7.38. The van der Waals surface area contributed by atoms with Crippen molar-refractivity contribution in [2.24, 2.45) is 23.7 Å². The summed E-state index contributed by atoms with van der Waals surface area (Å²) in [5.74, 6) is 0.977. The summed E-state index contributed by atoms with van der Waals surface area (Å²) in [6, 6.07) is 0. The van der Waals surface area contributed by atoms with Gasteiger partial charge in [0.1, 0.15) is 5.60 Å². The first-order valence-corrected chi connectivity index (χ1v) is 8.08. The Morgan fingerprint density at radius 1 is 1.20 bits per heavy atom. The lowest BCUT2D eigenvalue weighted by molar-refractivity contribution is -0.532. The number of hydrogen-bond acceptors (Lipinski definition) is 4. The molecular weight excluding hydrogens is 256 g/mol. The highest BCUT2D eigenvalue weighted by Gasteiger charge is 2.63.